The van der Waals surface area contributed by atoms with Gasteiger partial charge < -0.3 is 30.6 Å². The fraction of sp³-hybridized carbons (Fsp3) is 0.476. The zero-order chi connectivity index (χ0) is 36.9. The molecular formula is C42H56N2O6. The second kappa shape index (κ2) is 16.5. The van der Waals surface area contributed by atoms with Crippen LogP contribution < -0.4 is 0 Å². The van der Waals surface area contributed by atoms with Crippen molar-refractivity contribution in [2.24, 2.45) is 9.98 Å². The van der Waals surface area contributed by atoms with Crippen molar-refractivity contribution in [2.75, 3.05) is 13.1 Å². The molecular weight excluding hydrogens is 628 g/mol. The van der Waals surface area contributed by atoms with Gasteiger partial charge in [0, 0.05) is 58.5 Å². The first-order chi connectivity index (χ1) is 23.8. The minimum Gasteiger partial charge on any atom is -0.507 e. The van der Waals surface area contributed by atoms with Gasteiger partial charge in [-0.3, -0.25) is 9.98 Å². The highest BCUT2D eigenvalue weighted by molar-refractivity contribution is 6.15. The molecule has 270 valence electrons. The SMILES string of the molecule is CCCCCCN=Cc1c(O)c(O)cc2c(C(C)C)c(C)c(-c3c(C)c(C(C)C)c4cc(O)c(O)c(C=NCCCCCC)c4c3O)c(O)c12. The zero-order valence-electron chi connectivity index (χ0n) is 31.1. The van der Waals surface area contributed by atoms with Gasteiger partial charge in [-0.25, -0.2) is 0 Å². The molecule has 0 radical (unpaired) electrons. The molecule has 0 aliphatic carbocycles. The monoisotopic (exact) mass is 684 g/mol. The van der Waals surface area contributed by atoms with Gasteiger partial charge >= 0.3 is 0 Å². The van der Waals surface area contributed by atoms with Crippen molar-refractivity contribution in [1.29, 1.82) is 0 Å². The normalized spacial score (nSPS) is 12.3. The Morgan fingerprint density at radius 2 is 0.900 bits per heavy atom. The standard InChI is InChI=1S/C42H56N2O6/c1-9-11-13-15-17-43-21-29-37-27(19-31(45)39(29)47)33(23(3)4)25(7)35(41(37)49)36-26(8)34(24(5)6)28-20-32(46)40(48)30(38(28)42(36)50)22-44-18-16-14-12-10-2/h19-24,45-50H,9-18H2,1-8H3. The third-order valence-corrected chi connectivity index (χ3v) is 9.85. The van der Waals surface area contributed by atoms with Gasteiger partial charge in [0.15, 0.2) is 23.0 Å². The van der Waals surface area contributed by atoms with Crippen LogP contribution in [0, 0.1) is 13.8 Å². The summed E-state index contributed by atoms with van der Waals surface area (Å²) < 4.78 is 0. The molecule has 0 saturated heterocycles. The Balaban J connectivity index is 2.14. The predicted molar refractivity (Wildman–Crippen MR) is 208 cm³/mol. The van der Waals surface area contributed by atoms with E-state index in [1.807, 2.05) is 41.5 Å². The van der Waals surface area contributed by atoms with Crippen molar-refractivity contribution in [2.45, 2.75) is 119 Å². The number of aliphatic imine (C=N–C) groups is 2. The molecule has 0 heterocycles. The van der Waals surface area contributed by atoms with Gasteiger partial charge in [0.1, 0.15) is 11.5 Å². The molecule has 6 N–H and O–H groups in total. The molecule has 0 amide bonds. The highest BCUT2D eigenvalue weighted by Crippen LogP contribution is 2.54. The van der Waals surface area contributed by atoms with Crippen LogP contribution in [0.5, 0.6) is 34.5 Å². The van der Waals surface area contributed by atoms with Crippen LogP contribution >= 0.6 is 0 Å². The van der Waals surface area contributed by atoms with E-state index in [2.05, 4.69) is 23.8 Å². The first-order valence-corrected chi connectivity index (χ1v) is 18.3. The molecule has 8 nitrogen and oxygen atoms in total. The van der Waals surface area contributed by atoms with Crippen molar-refractivity contribution >= 4 is 34.0 Å². The number of rotatable bonds is 15. The molecule has 0 fully saturated rings. The van der Waals surface area contributed by atoms with E-state index in [0.29, 0.717) is 56.9 Å². The van der Waals surface area contributed by atoms with E-state index in [-0.39, 0.29) is 57.5 Å². The number of unbranched alkanes of at least 4 members (excludes halogenated alkanes) is 6. The number of hydrogen-bond donors (Lipinski definition) is 6. The summed E-state index contributed by atoms with van der Waals surface area (Å²) in [5.41, 5.74) is 4.28. The van der Waals surface area contributed by atoms with Crippen LogP contribution in [0.25, 0.3) is 32.7 Å². The molecule has 8 heteroatoms. The molecule has 50 heavy (non-hydrogen) atoms. The van der Waals surface area contributed by atoms with Crippen LogP contribution in [-0.2, 0) is 0 Å². The number of benzene rings is 4. The lowest BCUT2D eigenvalue weighted by atomic mass is 9.79. The molecule has 0 unspecified atom stereocenters. The van der Waals surface area contributed by atoms with E-state index in [1.165, 1.54) is 24.6 Å². The van der Waals surface area contributed by atoms with E-state index in [1.54, 1.807) is 0 Å². The van der Waals surface area contributed by atoms with E-state index >= 15 is 0 Å². The van der Waals surface area contributed by atoms with Gasteiger partial charge in [0.2, 0.25) is 0 Å². The minimum atomic E-state index is -0.380. The van der Waals surface area contributed by atoms with Crippen LogP contribution in [0.4, 0.5) is 0 Å². The van der Waals surface area contributed by atoms with Crippen LogP contribution in [0.2, 0.25) is 0 Å². The predicted octanol–water partition coefficient (Wildman–Crippen LogP) is 10.8. The molecule has 0 saturated carbocycles. The Kier molecular flexibility index (Phi) is 12.7. The first-order valence-electron chi connectivity index (χ1n) is 18.3. The van der Waals surface area contributed by atoms with Crippen molar-refractivity contribution < 1.29 is 30.6 Å². The minimum absolute atomic E-state index is 0.0662. The summed E-state index contributed by atoms with van der Waals surface area (Å²) in [6, 6.07) is 2.97. The van der Waals surface area contributed by atoms with Gasteiger partial charge in [-0.05, 0) is 83.7 Å². The molecule has 0 aliphatic rings. The topological polar surface area (TPSA) is 146 Å². The Labute approximate surface area is 296 Å². The summed E-state index contributed by atoms with van der Waals surface area (Å²) in [6.45, 7) is 17.2. The largest absolute Gasteiger partial charge is 0.507 e. The lowest BCUT2D eigenvalue weighted by Crippen LogP contribution is -2.05. The van der Waals surface area contributed by atoms with Crippen LogP contribution in [-0.4, -0.2) is 56.2 Å². The fourth-order valence-electron chi connectivity index (χ4n) is 7.49. The second-order valence-corrected chi connectivity index (χ2v) is 14.2. The maximum Gasteiger partial charge on any atom is 0.167 e. The Morgan fingerprint density at radius 3 is 1.22 bits per heavy atom. The van der Waals surface area contributed by atoms with E-state index in [4.69, 9.17) is 0 Å². The lowest BCUT2D eigenvalue weighted by Gasteiger charge is -2.26. The molecule has 0 atom stereocenters. The molecule has 0 aromatic heterocycles. The van der Waals surface area contributed by atoms with Crippen molar-refractivity contribution in [1.82, 2.24) is 0 Å². The Bertz CT molecular complexity index is 1780. The lowest BCUT2D eigenvalue weighted by molar-refractivity contribution is 0.404. The van der Waals surface area contributed by atoms with E-state index < -0.39 is 0 Å². The van der Waals surface area contributed by atoms with Gasteiger partial charge in [-0.15, -0.1) is 0 Å². The highest BCUT2D eigenvalue weighted by atomic mass is 16.3. The Morgan fingerprint density at radius 1 is 0.540 bits per heavy atom. The van der Waals surface area contributed by atoms with Gasteiger partial charge in [0.05, 0.1) is 0 Å². The van der Waals surface area contributed by atoms with Crippen molar-refractivity contribution in [3.8, 4) is 45.6 Å². The third kappa shape index (κ3) is 7.35. The maximum atomic E-state index is 12.3. The smallest absolute Gasteiger partial charge is 0.167 e. The fourth-order valence-corrected chi connectivity index (χ4v) is 7.49. The van der Waals surface area contributed by atoms with Gasteiger partial charge in [-0.2, -0.15) is 0 Å². The first kappa shape index (κ1) is 38.3. The molecule has 0 spiro atoms. The van der Waals surface area contributed by atoms with Crippen LogP contribution in [0.1, 0.15) is 138 Å². The quantitative estimate of drug-likeness (QED) is 0.0417. The summed E-state index contributed by atoms with van der Waals surface area (Å²) >= 11 is 0. The summed E-state index contributed by atoms with van der Waals surface area (Å²) in [5.74, 6) is -1.83. The Hall–Kier alpha value is -4.46. The van der Waals surface area contributed by atoms with Crippen molar-refractivity contribution in [3.63, 3.8) is 0 Å². The van der Waals surface area contributed by atoms with Gasteiger partial charge in [-0.1, -0.05) is 80.1 Å². The van der Waals surface area contributed by atoms with E-state index in [0.717, 1.165) is 62.5 Å². The number of hydrogen-bond acceptors (Lipinski definition) is 8. The zero-order valence-corrected chi connectivity index (χ0v) is 31.1. The van der Waals surface area contributed by atoms with Crippen LogP contribution in [0.3, 0.4) is 0 Å². The number of phenols is 6. The summed E-state index contributed by atoms with van der Waals surface area (Å²) in [4.78, 5) is 9.16. The maximum absolute atomic E-state index is 12.3. The number of aromatic hydroxyl groups is 6. The molecule has 4 rings (SSSR count). The van der Waals surface area contributed by atoms with Gasteiger partial charge in [0.25, 0.3) is 0 Å². The summed E-state index contributed by atoms with van der Waals surface area (Å²) in [7, 11) is 0. The molecule has 4 aromatic carbocycles. The summed E-state index contributed by atoms with van der Waals surface area (Å²) in [5, 5.41) is 70.6. The summed E-state index contributed by atoms with van der Waals surface area (Å²) in [6.07, 6.45) is 11.3. The second-order valence-electron chi connectivity index (χ2n) is 14.2. The average Bonchev–Trinajstić information content (AvgIpc) is 3.05. The highest BCUT2D eigenvalue weighted by Gasteiger charge is 2.30. The number of nitrogens with zero attached hydrogens (tertiary/aromatic N) is 2. The average molecular weight is 685 g/mol. The molecule has 4 aromatic rings. The van der Waals surface area contributed by atoms with Crippen LogP contribution in [0.15, 0.2) is 22.1 Å². The van der Waals surface area contributed by atoms with E-state index in [9.17, 15) is 30.6 Å². The number of phenolic OH excluding ortho intramolecular Hbond substituents is 6. The third-order valence-electron chi connectivity index (χ3n) is 9.85. The molecule has 0 bridgehead atoms. The number of fused-ring (bicyclic) bond motifs is 2. The molecule has 0 aliphatic heterocycles. The van der Waals surface area contributed by atoms with Crippen molar-refractivity contribution in [3.05, 3.63) is 45.5 Å².